The van der Waals surface area contributed by atoms with E-state index in [9.17, 15) is 0 Å². The first kappa shape index (κ1) is 9.14. The van der Waals surface area contributed by atoms with Gasteiger partial charge in [-0.25, -0.2) is 0 Å². The van der Waals surface area contributed by atoms with E-state index in [1.165, 1.54) is 9.92 Å². The zero-order chi connectivity index (χ0) is 9.10. The molecular formula is C10H13LiN2. The van der Waals surface area contributed by atoms with Crippen molar-refractivity contribution in [2.24, 2.45) is 0 Å². The molecule has 64 valence electrons. The third kappa shape index (κ3) is 2.08. The minimum atomic E-state index is 1.11. The topological polar surface area (TPSA) is 15.3 Å². The second-order valence-corrected chi connectivity index (χ2v) is 3.52. The van der Waals surface area contributed by atoms with Gasteiger partial charge in [0.1, 0.15) is 0 Å². The van der Waals surface area contributed by atoms with Crippen LogP contribution in [0.25, 0.3) is 0 Å². The van der Waals surface area contributed by atoms with Crippen LogP contribution >= 0.6 is 0 Å². The van der Waals surface area contributed by atoms with Gasteiger partial charge in [-0.05, 0) is 0 Å². The van der Waals surface area contributed by atoms with Crippen molar-refractivity contribution in [2.45, 2.75) is 0 Å². The Kier molecular flexibility index (Phi) is 2.95. The predicted molar refractivity (Wildman–Crippen MR) is 56.9 cm³/mol. The van der Waals surface area contributed by atoms with Crippen molar-refractivity contribution in [3.05, 3.63) is 24.3 Å². The van der Waals surface area contributed by atoms with Crippen molar-refractivity contribution in [3.63, 3.8) is 0 Å². The number of anilines is 1. The van der Waals surface area contributed by atoms with Gasteiger partial charge in [-0.3, -0.25) is 0 Å². The van der Waals surface area contributed by atoms with E-state index in [4.69, 9.17) is 0 Å². The summed E-state index contributed by atoms with van der Waals surface area (Å²) in [7, 11) is 0. The summed E-state index contributed by atoms with van der Waals surface area (Å²) in [5, 5.41) is 3.36. The van der Waals surface area contributed by atoms with Crippen LogP contribution in [0.2, 0.25) is 0 Å². The van der Waals surface area contributed by atoms with Crippen LogP contribution in [-0.4, -0.2) is 43.9 Å². The van der Waals surface area contributed by atoms with Crippen LogP contribution in [0.3, 0.4) is 0 Å². The van der Waals surface area contributed by atoms with Gasteiger partial charge < -0.3 is 0 Å². The molecule has 3 heteroatoms. The van der Waals surface area contributed by atoms with Gasteiger partial charge in [0.05, 0.1) is 0 Å². The fraction of sp³-hybridized carbons (Fsp3) is 0.400. The Morgan fingerprint density at radius 2 is 1.85 bits per heavy atom. The molecule has 2 rings (SSSR count). The van der Waals surface area contributed by atoms with E-state index in [-0.39, 0.29) is 0 Å². The average molecular weight is 168 g/mol. The van der Waals surface area contributed by atoms with E-state index in [0.29, 0.717) is 0 Å². The summed E-state index contributed by atoms with van der Waals surface area (Å²) in [5.74, 6) is 0. The second kappa shape index (κ2) is 4.19. The van der Waals surface area contributed by atoms with E-state index in [0.717, 1.165) is 26.2 Å². The molecule has 0 aliphatic carbocycles. The number of hydrogen-bond acceptors (Lipinski definition) is 2. The summed E-state index contributed by atoms with van der Waals surface area (Å²) in [6.45, 7) is 4.47. The van der Waals surface area contributed by atoms with Crippen molar-refractivity contribution in [1.82, 2.24) is 5.32 Å². The third-order valence-corrected chi connectivity index (χ3v) is 2.57. The number of nitrogens with one attached hydrogen (secondary N) is 1. The van der Waals surface area contributed by atoms with E-state index in [1.54, 1.807) is 0 Å². The van der Waals surface area contributed by atoms with Crippen LogP contribution < -0.4 is 14.5 Å². The molecule has 0 aromatic heterocycles. The molecule has 0 spiro atoms. The van der Waals surface area contributed by atoms with E-state index in [2.05, 4.69) is 52.2 Å². The first-order valence-corrected chi connectivity index (χ1v) is 4.89. The first-order chi connectivity index (χ1) is 6.38. The van der Waals surface area contributed by atoms with E-state index < -0.39 is 0 Å². The summed E-state index contributed by atoms with van der Waals surface area (Å²) in [4.78, 5) is 2.45. The molecule has 1 fully saturated rings. The van der Waals surface area contributed by atoms with Crippen LogP contribution in [0.4, 0.5) is 5.69 Å². The summed E-state index contributed by atoms with van der Waals surface area (Å²) in [6, 6.07) is 8.60. The van der Waals surface area contributed by atoms with Gasteiger partial charge in [-0.1, -0.05) is 0 Å². The molecule has 1 heterocycles. The van der Waals surface area contributed by atoms with Gasteiger partial charge >= 0.3 is 88.3 Å². The van der Waals surface area contributed by atoms with Crippen LogP contribution in [0.15, 0.2) is 24.3 Å². The van der Waals surface area contributed by atoms with Crippen LogP contribution in [0.1, 0.15) is 0 Å². The molecule has 1 N–H and O–H groups in total. The molecule has 0 saturated carbocycles. The maximum atomic E-state index is 3.36. The summed E-state index contributed by atoms with van der Waals surface area (Å²) < 4.78 is 1.38. The number of piperazine rings is 1. The Bertz CT molecular complexity index is 282. The molecule has 0 bridgehead atoms. The number of para-hydroxylation sites is 1. The zero-order valence-corrected chi connectivity index (χ0v) is 8.09. The molecule has 1 aromatic carbocycles. The number of benzene rings is 1. The minimum absolute atomic E-state index is 1.11. The fourth-order valence-electron chi connectivity index (χ4n) is 1.82. The third-order valence-electron chi connectivity index (χ3n) is 2.57. The maximum absolute atomic E-state index is 3.36. The predicted octanol–water partition coefficient (Wildman–Crippen LogP) is -0.110. The zero-order valence-electron chi connectivity index (χ0n) is 8.09. The van der Waals surface area contributed by atoms with Crippen molar-refractivity contribution >= 4 is 27.6 Å². The Balaban J connectivity index is 2.18. The standard InChI is InChI=1S/C10H13N2.Li/c1-2-4-10(5-3-1)12-8-6-11-7-9-12;/h1-4,11H,6-9H2;. The average Bonchev–Trinajstić information content (AvgIpc) is 2.20. The molecule has 1 aliphatic heterocycles. The van der Waals surface area contributed by atoms with Crippen molar-refractivity contribution in [1.29, 1.82) is 0 Å². The molecule has 0 atom stereocenters. The molecule has 2 nitrogen and oxygen atoms in total. The Hall–Kier alpha value is -0.423. The normalized spacial score (nSPS) is 17.5. The number of nitrogens with zero attached hydrogens (tertiary/aromatic N) is 1. The van der Waals surface area contributed by atoms with Gasteiger partial charge in [0, 0.05) is 0 Å². The van der Waals surface area contributed by atoms with Crippen molar-refractivity contribution in [3.8, 4) is 0 Å². The SMILES string of the molecule is [Li][c]1ccccc1N1CCNCC1. The summed E-state index contributed by atoms with van der Waals surface area (Å²) in [6.07, 6.45) is 0. The molecule has 0 unspecified atom stereocenters. The molecule has 13 heavy (non-hydrogen) atoms. The molecular weight excluding hydrogens is 155 g/mol. The molecule has 1 saturated heterocycles. The van der Waals surface area contributed by atoms with Crippen molar-refractivity contribution < 1.29 is 0 Å². The Morgan fingerprint density at radius 1 is 1.15 bits per heavy atom. The molecule has 1 aliphatic rings. The Morgan fingerprint density at radius 3 is 2.54 bits per heavy atom. The monoisotopic (exact) mass is 168 g/mol. The Labute approximate surface area is 88.5 Å². The van der Waals surface area contributed by atoms with Gasteiger partial charge in [-0.2, -0.15) is 0 Å². The summed E-state index contributed by atoms with van der Waals surface area (Å²) in [5.41, 5.74) is 1.39. The first-order valence-electron chi connectivity index (χ1n) is 4.89. The van der Waals surface area contributed by atoms with Crippen LogP contribution in [0.5, 0.6) is 0 Å². The van der Waals surface area contributed by atoms with E-state index in [1.807, 2.05) is 0 Å². The van der Waals surface area contributed by atoms with Gasteiger partial charge in [-0.15, -0.1) is 0 Å². The molecule has 1 aromatic rings. The quantitative estimate of drug-likeness (QED) is 0.589. The molecule has 0 amide bonds. The van der Waals surface area contributed by atoms with Crippen LogP contribution in [-0.2, 0) is 0 Å². The fourth-order valence-corrected chi connectivity index (χ4v) is 1.82. The van der Waals surface area contributed by atoms with Gasteiger partial charge in [0.15, 0.2) is 0 Å². The van der Waals surface area contributed by atoms with Gasteiger partial charge in [0.25, 0.3) is 0 Å². The second-order valence-electron chi connectivity index (χ2n) is 3.52. The number of rotatable bonds is 1. The van der Waals surface area contributed by atoms with Crippen molar-refractivity contribution in [2.75, 3.05) is 31.1 Å². The van der Waals surface area contributed by atoms with E-state index >= 15 is 0 Å². The summed E-state index contributed by atoms with van der Waals surface area (Å²) >= 11 is 2.18. The number of hydrogen-bond donors (Lipinski definition) is 1. The molecule has 0 radical (unpaired) electrons. The van der Waals surface area contributed by atoms with Gasteiger partial charge in [0.2, 0.25) is 0 Å². The van der Waals surface area contributed by atoms with Crippen LogP contribution in [0, 0.1) is 0 Å².